The molecule has 0 radical (unpaired) electrons. The van der Waals surface area contributed by atoms with Gasteiger partial charge in [0, 0.05) is 18.2 Å². The second kappa shape index (κ2) is 7.58. The quantitative estimate of drug-likeness (QED) is 0.883. The van der Waals surface area contributed by atoms with Crippen molar-refractivity contribution in [2.24, 2.45) is 5.92 Å². The Hall–Kier alpha value is -2.62. The van der Waals surface area contributed by atoms with Crippen LogP contribution in [0.25, 0.3) is 0 Å². The fraction of sp³-hybridized carbons (Fsp3) is 0.263. The van der Waals surface area contributed by atoms with Crippen molar-refractivity contribution in [3.8, 4) is 0 Å². The van der Waals surface area contributed by atoms with Crippen LogP contribution in [0.5, 0.6) is 0 Å². The minimum atomic E-state index is -0.160. The van der Waals surface area contributed by atoms with Crippen LogP contribution < -0.4 is 10.6 Å². The molecule has 0 aliphatic carbocycles. The smallest absolute Gasteiger partial charge is 0.251 e. The van der Waals surface area contributed by atoms with Crippen LogP contribution in [-0.2, 0) is 4.79 Å². The zero-order valence-electron chi connectivity index (χ0n) is 13.7. The SMILES string of the molecule is CC(=O)Nc1cccc(C(=O)N[C@H](c2ccccc2)C(C)C)c1. The van der Waals surface area contributed by atoms with Gasteiger partial charge in [0.25, 0.3) is 5.91 Å². The lowest BCUT2D eigenvalue weighted by molar-refractivity contribution is -0.114. The molecule has 0 saturated carbocycles. The maximum absolute atomic E-state index is 12.5. The van der Waals surface area contributed by atoms with E-state index in [-0.39, 0.29) is 23.8 Å². The largest absolute Gasteiger partial charge is 0.345 e. The van der Waals surface area contributed by atoms with Gasteiger partial charge in [-0.1, -0.05) is 50.2 Å². The van der Waals surface area contributed by atoms with Gasteiger partial charge in [-0.15, -0.1) is 0 Å². The Bertz CT molecular complexity index is 681. The first-order chi connectivity index (χ1) is 11.0. The lowest BCUT2D eigenvalue weighted by atomic mass is 9.95. The summed E-state index contributed by atoms with van der Waals surface area (Å²) in [7, 11) is 0. The van der Waals surface area contributed by atoms with Gasteiger partial charge in [-0.2, -0.15) is 0 Å². The summed E-state index contributed by atoms with van der Waals surface area (Å²) in [5.74, 6) is -0.0495. The highest BCUT2D eigenvalue weighted by Crippen LogP contribution is 2.22. The van der Waals surface area contributed by atoms with E-state index in [1.54, 1.807) is 24.3 Å². The minimum Gasteiger partial charge on any atom is -0.345 e. The number of amides is 2. The van der Waals surface area contributed by atoms with Crippen molar-refractivity contribution in [2.75, 3.05) is 5.32 Å². The van der Waals surface area contributed by atoms with E-state index >= 15 is 0 Å². The highest BCUT2D eigenvalue weighted by atomic mass is 16.2. The van der Waals surface area contributed by atoms with E-state index in [9.17, 15) is 9.59 Å². The Balaban J connectivity index is 2.18. The van der Waals surface area contributed by atoms with E-state index < -0.39 is 0 Å². The van der Waals surface area contributed by atoms with Gasteiger partial charge in [0.1, 0.15) is 0 Å². The van der Waals surface area contributed by atoms with Gasteiger partial charge in [0.15, 0.2) is 0 Å². The molecule has 1 atom stereocenters. The lowest BCUT2D eigenvalue weighted by Crippen LogP contribution is -2.31. The lowest BCUT2D eigenvalue weighted by Gasteiger charge is -2.23. The van der Waals surface area contributed by atoms with Crippen molar-refractivity contribution in [1.82, 2.24) is 5.32 Å². The maximum atomic E-state index is 12.5. The molecule has 0 aromatic heterocycles. The van der Waals surface area contributed by atoms with Crippen molar-refractivity contribution < 1.29 is 9.59 Å². The summed E-state index contributed by atoms with van der Waals surface area (Å²) < 4.78 is 0. The number of hydrogen-bond acceptors (Lipinski definition) is 2. The molecule has 2 rings (SSSR count). The summed E-state index contributed by atoms with van der Waals surface area (Å²) in [5.41, 5.74) is 2.22. The number of benzene rings is 2. The Morgan fingerprint density at radius 2 is 1.65 bits per heavy atom. The van der Waals surface area contributed by atoms with Gasteiger partial charge in [-0.3, -0.25) is 9.59 Å². The topological polar surface area (TPSA) is 58.2 Å². The molecule has 0 heterocycles. The molecule has 2 aromatic rings. The van der Waals surface area contributed by atoms with Crippen LogP contribution in [0, 0.1) is 5.92 Å². The maximum Gasteiger partial charge on any atom is 0.251 e. The first kappa shape index (κ1) is 16.7. The second-order valence-corrected chi connectivity index (χ2v) is 5.87. The normalized spacial score (nSPS) is 11.8. The molecule has 4 heteroatoms. The molecule has 0 bridgehead atoms. The van der Waals surface area contributed by atoms with Crippen molar-refractivity contribution >= 4 is 17.5 Å². The first-order valence-electron chi connectivity index (χ1n) is 7.71. The molecular formula is C19H22N2O2. The monoisotopic (exact) mass is 310 g/mol. The number of hydrogen-bond donors (Lipinski definition) is 2. The number of anilines is 1. The standard InChI is InChI=1S/C19H22N2O2/c1-13(2)18(15-8-5-4-6-9-15)21-19(23)16-10-7-11-17(12-16)20-14(3)22/h4-13,18H,1-3H3,(H,20,22)(H,21,23)/t18-/m0/s1. The number of nitrogens with one attached hydrogen (secondary N) is 2. The molecule has 0 spiro atoms. The predicted molar refractivity (Wildman–Crippen MR) is 92.2 cm³/mol. The summed E-state index contributed by atoms with van der Waals surface area (Å²) in [4.78, 5) is 23.7. The second-order valence-electron chi connectivity index (χ2n) is 5.87. The molecule has 2 N–H and O–H groups in total. The molecule has 0 unspecified atom stereocenters. The van der Waals surface area contributed by atoms with Crippen molar-refractivity contribution in [3.63, 3.8) is 0 Å². The van der Waals surface area contributed by atoms with Crippen molar-refractivity contribution in [3.05, 3.63) is 65.7 Å². The van der Waals surface area contributed by atoms with E-state index in [2.05, 4.69) is 24.5 Å². The summed E-state index contributed by atoms with van der Waals surface area (Å²) >= 11 is 0. The number of carbonyl (C=O) groups is 2. The zero-order valence-corrected chi connectivity index (χ0v) is 13.7. The van der Waals surface area contributed by atoms with Crippen LogP contribution >= 0.6 is 0 Å². The van der Waals surface area contributed by atoms with Gasteiger partial charge in [-0.25, -0.2) is 0 Å². The summed E-state index contributed by atoms with van der Waals surface area (Å²) in [6.45, 7) is 5.59. The Morgan fingerprint density at radius 1 is 0.957 bits per heavy atom. The molecule has 2 amide bonds. The third kappa shape index (κ3) is 4.68. The molecule has 23 heavy (non-hydrogen) atoms. The van der Waals surface area contributed by atoms with Crippen molar-refractivity contribution in [2.45, 2.75) is 26.8 Å². The minimum absolute atomic E-state index is 0.0619. The van der Waals surface area contributed by atoms with Crippen molar-refractivity contribution in [1.29, 1.82) is 0 Å². The fourth-order valence-electron chi connectivity index (χ4n) is 2.46. The Labute approximate surface area is 136 Å². The Kier molecular flexibility index (Phi) is 5.52. The van der Waals surface area contributed by atoms with Gasteiger partial charge in [0.05, 0.1) is 6.04 Å². The summed E-state index contributed by atoms with van der Waals surface area (Å²) in [5, 5.41) is 5.77. The third-order valence-corrected chi connectivity index (χ3v) is 3.56. The van der Waals surface area contributed by atoms with E-state index in [1.807, 2.05) is 30.3 Å². The van der Waals surface area contributed by atoms with E-state index in [0.29, 0.717) is 11.3 Å². The van der Waals surface area contributed by atoms with Crippen LogP contribution in [0.1, 0.15) is 42.7 Å². The molecule has 120 valence electrons. The van der Waals surface area contributed by atoms with E-state index in [1.165, 1.54) is 6.92 Å². The number of rotatable bonds is 5. The van der Waals surface area contributed by atoms with Gasteiger partial charge in [-0.05, 0) is 29.7 Å². The third-order valence-electron chi connectivity index (χ3n) is 3.56. The molecule has 0 aliphatic rings. The van der Waals surface area contributed by atoms with Gasteiger partial charge < -0.3 is 10.6 Å². The van der Waals surface area contributed by atoms with Gasteiger partial charge >= 0.3 is 0 Å². The average Bonchev–Trinajstić information content (AvgIpc) is 2.52. The molecule has 2 aromatic carbocycles. The highest BCUT2D eigenvalue weighted by Gasteiger charge is 2.19. The molecule has 0 fully saturated rings. The molecule has 4 nitrogen and oxygen atoms in total. The molecule has 0 saturated heterocycles. The zero-order chi connectivity index (χ0) is 16.8. The van der Waals surface area contributed by atoms with Crippen LogP contribution in [0.4, 0.5) is 5.69 Å². The van der Waals surface area contributed by atoms with E-state index in [4.69, 9.17) is 0 Å². The Morgan fingerprint density at radius 3 is 2.26 bits per heavy atom. The molecule has 0 aliphatic heterocycles. The summed E-state index contributed by atoms with van der Waals surface area (Å²) in [6.07, 6.45) is 0. The van der Waals surface area contributed by atoms with Gasteiger partial charge in [0.2, 0.25) is 5.91 Å². The fourth-order valence-corrected chi connectivity index (χ4v) is 2.46. The van der Waals surface area contributed by atoms with Crippen LogP contribution in [0.15, 0.2) is 54.6 Å². The molecular weight excluding hydrogens is 288 g/mol. The average molecular weight is 310 g/mol. The van der Waals surface area contributed by atoms with Crippen LogP contribution in [-0.4, -0.2) is 11.8 Å². The summed E-state index contributed by atoms with van der Waals surface area (Å²) in [6, 6.07) is 16.8. The van der Waals surface area contributed by atoms with Crippen LogP contribution in [0.2, 0.25) is 0 Å². The number of carbonyl (C=O) groups excluding carboxylic acids is 2. The van der Waals surface area contributed by atoms with Crippen LogP contribution in [0.3, 0.4) is 0 Å². The first-order valence-corrected chi connectivity index (χ1v) is 7.71. The highest BCUT2D eigenvalue weighted by molar-refractivity contribution is 5.97. The predicted octanol–water partition coefficient (Wildman–Crippen LogP) is 3.77. The van der Waals surface area contributed by atoms with E-state index in [0.717, 1.165) is 5.56 Å².